The number of benzene rings is 1. The molecule has 5 rings (SSSR count). The predicted octanol–water partition coefficient (Wildman–Crippen LogP) is 5.02. The van der Waals surface area contributed by atoms with Gasteiger partial charge in [0.05, 0.1) is 28.2 Å². The first-order valence-electron chi connectivity index (χ1n) is 13.6. The van der Waals surface area contributed by atoms with Crippen molar-refractivity contribution in [2.24, 2.45) is 0 Å². The highest BCUT2D eigenvalue weighted by Gasteiger charge is 2.40. The third-order valence-electron chi connectivity index (χ3n) is 7.69. The molecule has 1 saturated heterocycles. The number of phenolic OH excluding ortho intramolecular Hbond substituents is 1. The van der Waals surface area contributed by atoms with Gasteiger partial charge in [-0.15, -0.1) is 0 Å². The number of aryl methyl sites for hydroxylation is 1. The molecule has 1 aliphatic rings. The lowest BCUT2D eigenvalue weighted by molar-refractivity contribution is -0.147. The van der Waals surface area contributed by atoms with Crippen LogP contribution < -0.4 is 10.6 Å². The molecule has 230 valence electrons. The first kappa shape index (κ1) is 30.6. The number of carbonyl (C=O) groups is 1. The molecular formula is C30H27F5N6O3. The molecule has 3 aromatic heterocycles. The zero-order valence-electron chi connectivity index (χ0n) is 23.9. The number of halogens is 5. The minimum absolute atomic E-state index is 0.0258. The van der Waals surface area contributed by atoms with Crippen LogP contribution >= 0.6 is 0 Å². The molecular weight excluding hydrogens is 587 g/mol. The average molecular weight is 615 g/mol. The summed E-state index contributed by atoms with van der Waals surface area (Å²) in [5, 5.41) is 10.3. The van der Waals surface area contributed by atoms with Crippen LogP contribution in [0.4, 0.5) is 27.8 Å². The molecule has 9 nitrogen and oxygen atoms in total. The molecule has 0 bridgehead atoms. The number of aromatic hydroxyl groups is 1. The minimum atomic E-state index is -4.73. The van der Waals surface area contributed by atoms with Crippen molar-refractivity contribution in [3.8, 4) is 22.7 Å². The SMILES string of the molecule is C=CC(=O)N1CCN(c2nc(=O)n(-c3c(C)ccnc3[C@H](C)C(F)(F)F)c3nc(-c4c(O)cccc4F)c(F)cc23)[C@@H](C)C1. The maximum absolute atomic E-state index is 15.8. The number of hydrogen-bond acceptors (Lipinski definition) is 7. The molecule has 1 amide bonds. The number of aromatic nitrogens is 4. The van der Waals surface area contributed by atoms with E-state index in [1.165, 1.54) is 31.3 Å². The number of anilines is 1. The van der Waals surface area contributed by atoms with Gasteiger partial charge in [-0.1, -0.05) is 12.6 Å². The van der Waals surface area contributed by atoms with Gasteiger partial charge in [0.25, 0.3) is 0 Å². The Bertz CT molecular complexity index is 1840. The number of piperazine rings is 1. The molecule has 14 heteroatoms. The van der Waals surface area contributed by atoms with E-state index in [0.717, 1.165) is 29.7 Å². The number of phenols is 1. The number of carbonyl (C=O) groups excluding carboxylic acids is 1. The van der Waals surface area contributed by atoms with Crippen LogP contribution in [-0.2, 0) is 4.79 Å². The number of fused-ring (bicyclic) bond motifs is 1. The van der Waals surface area contributed by atoms with Crippen LogP contribution in [0.2, 0.25) is 0 Å². The van der Waals surface area contributed by atoms with Gasteiger partial charge < -0.3 is 14.9 Å². The van der Waals surface area contributed by atoms with Crippen LogP contribution in [0.3, 0.4) is 0 Å². The smallest absolute Gasteiger partial charge is 0.397 e. The van der Waals surface area contributed by atoms with E-state index in [1.54, 1.807) is 16.7 Å². The summed E-state index contributed by atoms with van der Waals surface area (Å²) >= 11 is 0. The topological polar surface area (TPSA) is 104 Å². The van der Waals surface area contributed by atoms with Gasteiger partial charge in [0, 0.05) is 31.9 Å². The summed E-state index contributed by atoms with van der Waals surface area (Å²) in [4.78, 5) is 41.7. The lowest BCUT2D eigenvalue weighted by Crippen LogP contribution is -2.54. The number of rotatable bonds is 5. The molecule has 0 aliphatic carbocycles. The second kappa shape index (κ2) is 11.3. The summed E-state index contributed by atoms with van der Waals surface area (Å²) in [5.41, 5.74) is -3.18. The summed E-state index contributed by atoms with van der Waals surface area (Å²) in [6.07, 6.45) is -2.39. The Labute approximate surface area is 247 Å². The first-order chi connectivity index (χ1) is 20.7. The Morgan fingerprint density at radius 3 is 2.52 bits per heavy atom. The Morgan fingerprint density at radius 1 is 1.16 bits per heavy atom. The lowest BCUT2D eigenvalue weighted by Gasteiger charge is -2.40. The molecule has 4 aromatic rings. The van der Waals surface area contributed by atoms with E-state index in [0.29, 0.717) is 0 Å². The van der Waals surface area contributed by atoms with Gasteiger partial charge in [-0.25, -0.2) is 23.1 Å². The maximum atomic E-state index is 15.8. The first-order valence-corrected chi connectivity index (χ1v) is 13.6. The van der Waals surface area contributed by atoms with Crippen LogP contribution in [0.25, 0.3) is 28.0 Å². The highest BCUT2D eigenvalue weighted by molar-refractivity contribution is 5.91. The molecule has 0 radical (unpaired) electrons. The molecule has 0 saturated carbocycles. The van der Waals surface area contributed by atoms with Crippen LogP contribution in [0, 0.1) is 18.6 Å². The summed E-state index contributed by atoms with van der Waals surface area (Å²) in [5.74, 6) is -5.18. The maximum Gasteiger partial charge on any atom is 0.397 e. The van der Waals surface area contributed by atoms with Crippen molar-refractivity contribution in [3.63, 3.8) is 0 Å². The Kier molecular flexibility index (Phi) is 7.87. The standard InChI is InChI=1S/C30H27F5N6O3/c1-5-22(43)39-11-12-40(16(3)14-39)27-18-13-20(32)25(23-19(31)7-6-8-21(23)42)37-28(18)41(29(44)38-27)26-15(2)9-10-36-24(26)17(4)30(33,34)35/h5-10,13,16-17,42H,1,11-12,14H2,2-4H3/t16-,17-/m0/s1. The normalized spacial score (nSPS) is 16.3. The Hall–Kier alpha value is -4.88. The predicted molar refractivity (Wildman–Crippen MR) is 153 cm³/mol. The van der Waals surface area contributed by atoms with Crippen LogP contribution in [0.15, 0.2) is 54.0 Å². The molecule has 1 N–H and O–H groups in total. The molecule has 1 aromatic carbocycles. The summed E-state index contributed by atoms with van der Waals surface area (Å²) in [7, 11) is 0. The van der Waals surface area contributed by atoms with Crippen molar-refractivity contribution in [2.45, 2.75) is 38.9 Å². The van der Waals surface area contributed by atoms with Crippen LogP contribution in [0.1, 0.15) is 31.0 Å². The zero-order chi connectivity index (χ0) is 32.1. The zero-order valence-corrected chi connectivity index (χ0v) is 23.9. The van der Waals surface area contributed by atoms with Gasteiger partial charge in [-0.05, 0) is 56.7 Å². The van der Waals surface area contributed by atoms with E-state index in [1.807, 2.05) is 0 Å². The number of nitrogens with zero attached hydrogens (tertiary/aromatic N) is 6. The Morgan fingerprint density at radius 2 is 1.89 bits per heavy atom. The summed E-state index contributed by atoms with van der Waals surface area (Å²) < 4.78 is 73.4. The van der Waals surface area contributed by atoms with Gasteiger partial charge in [0.1, 0.15) is 23.1 Å². The quantitative estimate of drug-likeness (QED) is 0.249. The number of pyridine rings is 2. The molecule has 2 atom stereocenters. The van der Waals surface area contributed by atoms with Gasteiger partial charge >= 0.3 is 11.9 Å². The van der Waals surface area contributed by atoms with E-state index in [4.69, 9.17) is 0 Å². The minimum Gasteiger partial charge on any atom is -0.507 e. The second-order valence-electron chi connectivity index (χ2n) is 10.5. The van der Waals surface area contributed by atoms with Gasteiger partial charge in [-0.2, -0.15) is 18.2 Å². The van der Waals surface area contributed by atoms with E-state index in [9.17, 15) is 32.3 Å². The molecule has 44 heavy (non-hydrogen) atoms. The van der Waals surface area contributed by atoms with Crippen molar-refractivity contribution < 1.29 is 31.9 Å². The van der Waals surface area contributed by atoms with Gasteiger partial charge in [0.15, 0.2) is 11.5 Å². The van der Waals surface area contributed by atoms with Crippen molar-refractivity contribution in [1.29, 1.82) is 0 Å². The van der Waals surface area contributed by atoms with Gasteiger partial charge in [0.2, 0.25) is 5.91 Å². The molecule has 1 fully saturated rings. The van der Waals surface area contributed by atoms with Crippen LogP contribution in [0.5, 0.6) is 5.75 Å². The van der Waals surface area contributed by atoms with Crippen molar-refractivity contribution in [1.82, 2.24) is 24.4 Å². The fraction of sp³-hybridized carbons (Fsp3) is 0.300. The number of hydrogen-bond donors (Lipinski definition) is 1. The number of alkyl halides is 3. The number of amides is 1. The van der Waals surface area contributed by atoms with E-state index < -0.39 is 58.2 Å². The average Bonchev–Trinajstić information content (AvgIpc) is 2.96. The second-order valence-corrected chi connectivity index (χ2v) is 10.5. The summed E-state index contributed by atoms with van der Waals surface area (Å²) in [6, 6.07) is 5.22. The van der Waals surface area contributed by atoms with Crippen molar-refractivity contribution in [2.75, 3.05) is 24.5 Å². The van der Waals surface area contributed by atoms with Crippen molar-refractivity contribution >= 4 is 22.8 Å². The van der Waals surface area contributed by atoms with Crippen molar-refractivity contribution in [3.05, 3.63) is 82.6 Å². The van der Waals surface area contributed by atoms with Gasteiger partial charge in [-0.3, -0.25) is 9.78 Å². The molecule has 0 spiro atoms. The van der Waals surface area contributed by atoms with E-state index in [2.05, 4.69) is 21.5 Å². The molecule has 0 unspecified atom stereocenters. The fourth-order valence-corrected chi connectivity index (χ4v) is 5.38. The highest BCUT2D eigenvalue weighted by Crippen LogP contribution is 2.39. The largest absolute Gasteiger partial charge is 0.507 e. The third kappa shape index (κ3) is 5.24. The fourth-order valence-electron chi connectivity index (χ4n) is 5.38. The highest BCUT2D eigenvalue weighted by atomic mass is 19.4. The van der Waals surface area contributed by atoms with E-state index >= 15 is 4.39 Å². The monoisotopic (exact) mass is 614 g/mol. The Balaban J connectivity index is 1.85. The van der Waals surface area contributed by atoms with E-state index in [-0.39, 0.29) is 53.6 Å². The molecule has 4 heterocycles. The summed E-state index contributed by atoms with van der Waals surface area (Å²) in [6.45, 7) is 8.21. The molecule has 1 aliphatic heterocycles. The van der Waals surface area contributed by atoms with Crippen LogP contribution in [-0.4, -0.2) is 67.3 Å². The lowest BCUT2D eigenvalue weighted by atomic mass is 10.0. The third-order valence-corrected chi connectivity index (χ3v) is 7.69.